The Morgan fingerprint density at radius 3 is 1.77 bits per heavy atom. The minimum absolute atomic E-state index is 0.684. The molecule has 0 unspecified atom stereocenters. The molecule has 0 spiro atoms. The van der Waals surface area contributed by atoms with Gasteiger partial charge in [-0.3, -0.25) is 0 Å². The highest BCUT2D eigenvalue weighted by Crippen LogP contribution is 2.35. The Hall–Kier alpha value is -0.850. The fraction of sp³-hybridized carbons (Fsp3) is 0.500. The highest BCUT2D eigenvalue weighted by atomic mass is 32.2. The molecule has 0 N–H and O–H groups in total. The van der Waals surface area contributed by atoms with Gasteiger partial charge >= 0.3 is 0 Å². The monoisotopic (exact) mass is 360 g/mol. The molecule has 0 fully saturated rings. The highest BCUT2D eigenvalue weighted by Gasteiger charge is 2.10. The summed E-state index contributed by atoms with van der Waals surface area (Å²) in [6.07, 6.45) is 0. The van der Waals surface area contributed by atoms with Crippen LogP contribution < -0.4 is 14.2 Å². The van der Waals surface area contributed by atoms with Crippen LogP contribution in [0.2, 0.25) is 0 Å². The lowest BCUT2D eigenvalue weighted by molar-refractivity contribution is 0.173. The van der Waals surface area contributed by atoms with Crippen molar-refractivity contribution in [3.05, 3.63) is 21.5 Å². The van der Waals surface area contributed by atoms with E-state index in [1.165, 1.54) is 4.90 Å². The van der Waals surface area contributed by atoms with Gasteiger partial charge in [0.2, 0.25) is 0 Å². The molecule has 22 heavy (non-hydrogen) atoms. The molecule has 2 aromatic heterocycles. The van der Waals surface area contributed by atoms with Crippen LogP contribution in [0.15, 0.2) is 26.4 Å². The number of thioether (sulfide) groups is 1. The van der Waals surface area contributed by atoms with E-state index in [0.717, 1.165) is 29.6 Å². The summed E-state index contributed by atoms with van der Waals surface area (Å²) < 4.78 is 15.9. The van der Waals surface area contributed by atoms with Crippen LogP contribution in [0.4, 0.5) is 0 Å². The summed E-state index contributed by atoms with van der Waals surface area (Å²) in [4.78, 5) is 1.31. The summed E-state index contributed by atoms with van der Waals surface area (Å²) in [5.74, 6) is 3.97. The van der Waals surface area contributed by atoms with Gasteiger partial charge in [-0.25, -0.2) is 0 Å². The smallest absolute Gasteiger partial charge is 0.172 e. The van der Waals surface area contributed by atoms with Crippen molar-refractivity contribution < 1.29 is 14.2 Å². The maximum absolute atomic E-state index is 5.35. The van der Waals surface area contributed by atoms with Crippen LogP contribution in [-0.2, 0) is 0 Å². The molecule has 0 aliphatic carbocycles. The molecule has 2 aliphatic heterocycles. The van der Waals surface area contributed by atoms with E-state index in [2.05, 4.69) is 10.8 Å². The van der Waals surface area contributed by atoms with Crippen LogP contribution in [0, 0.1) is 0 Å². The number of hydrogen-bond donors (Lipinski definition) is 0. The molecule has 0 amide bonds. The topological polar surface area (TPSA) is 27.7 Å². The Morgan fingerprint density at radius 2 is 1.18 bits per heavy atom. The summed E-state index contributed by atoms with van der Waals surface area (Å²) in [6.45, 7) is 10.2. The normalized spacial score (nSPS) is 13.6. The van der Waals surface area contributed by atoms with E-state index in [-0.39, 0.29) is 0 Å². The van der Waals surface area contributed by atoms with Crippen molar-refractivity contribution in [2.45, 2.75) is 32.6 Å². The van der Waals surface area contributed by atoms with Crippen molar-refractivity contribution in [1.82, 2.24) is 0 Å². The minimum atomic E-state index is 0.684. The van der Waals surface area contributed by atoms with E-state index in [1.807, 2.05) is 50.2 Å². The average molecular weight is 361 g/mol. The Morgan fingerprint density at radius 1 is 0.682 bits per heavy atom. The molecule has 2 aromatic rings. The standard InChI is InChI=1S/C6H6O2S.C6H6OS2.2C2H6/c1-2-8-6-4-9-3-5(6)7-1;1-2-9-6-4-8-3-5(6)7-1;2*1-2/h2*3-4H,1-2H2;2*1-2H3. The Bertz CT molecular complexity index is 421. The van der Waals surface area contributed by atoms with Gasteiger partial charge in [-0.2, -0.15) is 0 Å². The second-order valence-corrected chi connectivity index (χ2v) is 6.22. The van der Waals surface area contributed by atoms with Gasteiger partial charge in [-0.1, -0.05) is 27.7 Å². The van der Waals surface area contributed by atoms with Crippen LogP contribution in [0.25, 0.3) is 0 Å². The van der Waals surface area contributed by atoms with Crippen molar-refractivity contribution in [2.24, 2.45) is 0 Å². The molecule has 0 saturated carbocycles. The maximum Gasteiger partial charge on any atom is 0.172 e. The van der Waals surface area contributed by atoms with Crippen molar-refractivity contribution in [3.63, 3.8) is 0 Å². The molecular weight excluding hydrogens is 336 g/mol. The molecule has 0 atom stereocenters. The lowest BCUT2D eigenvalue weighted by Gasteiger charge is -2.13. The molecule has 6 heteroatoms. The van der Waals surface area contributed by atoms with Crippen LogP contribution in [-0.4, -0.2) is 25.6 Å². The van der Waals surface area contributed by atoms with Gasteiger partial charge < -0.3 is 14.2 Å². The van der Waals surface area contributed by atoms with Crippen molar-refractivity contribution in [3.8, 4) is 17.2 Å². The van der Waals surface area contributed by atoms with Crippen LogP contribution in [0.5, 0.6) is 17.2 Å². The van der Waals surface area contributed by atoms with Crippen molar-refractivity contribution in [2.75, 3.05) is 25.6 Å². The van der Waals surface area contributed by atoms with Gasteiger partial charge in [0.15, 0.2) is 11.5 Å². The number of ether oxygens (including phenoxy) is 3. The molecular formula is C16H24O3S3. The third kappa shape index (κ3) is 5.74. The van der Waals surface area contributed by atoms with Crippen LogP contribution in [0.3, 0.4) is 0 Å². The van der Waals surface area contributed by atoms with Gasteiger partial charge in [-0.15, -0.1) is 34.4 Å². The molecule has 3 nitrogen and oxygen atoms in total. The largest absolute Gasteiger partial charge is 0.491 e. The molecule has 124 valence electrons. The van der Waals surface area contributed by atoms with E-state index < -0.39 is 0 Å². The van der Waals surface area contributed by atoms with Crippen molar-refractivity contribution >= 4 is 34.4 Å². The van der Waals surface area contributed by atoms with Gasteiger partial charge in [-0.05, 0) is 0 Å². The van der Waals surface area contributed by atoms with E-state index in [0.29, 0.717) is 13.2 Å². The van der Waals surface area contributed by atoms with Gasteiger partial charge in [0.05, 0.1) is 11.5 Å². The molecule has 0 aromatic carbocycles. The van der Waals surface area contributed by atoms with Crippen LogP contribution >= 0.6 is 34.4 Å². The Labute approximate surface area is 145 Å². The van der Waals surface area contributed by atoms with E-state index >= 15 is 0 Å². The highest BCUT2D eigenvalue weighted by molar-refractivity contribution is 7.99. The number of rotatable bonds is 0. The number of hydrogen-bond acceptors (Lipinski definition) is 6. The molecule has 4 heterocycles. The maximum atomic E-state index is 5.35. The van der Waals surface area contributed by atoms with E-state index in [4.69, 9.17) is 14.2 Å². The summed E-state index contributed by atoms with van der Waals surface area (Å²) >= 11 is 5.20. The summed E-state index contributed by atoms with van der Waals surface area (Å²) in [5, 5.41) is 8.10. The Balaban J connectivity index is 0.000000180. The zero-order chi connectivity index (χ0) is 16.2. The average Bonchev–Trinajstić information content (AvgIpc) is 3.28. The van der Waals surface area contributed by atoms with Gasteiger partial charge in [0.1, 0.15) is 19.0 Å². The fourth-order valence-corrected chi connectivity index (χ4v) is 4.04. The zero-order valence-electron chi connectivity index (χ0n) is 13.6. The van der Waals surface area contributed by atoms with E-state index in [1.54, 1.807) is 22.7 Å². The first-order chi connectivity index (χ1) is 10.9. The molecule has 0 saturated heterocycles. The quantitative estimate of drug-likeness (QED) is 0.593. The Kier molecular flexibility index (Phi) is 10.2. The fourth-order valence-electron chi connectivity index (χ4n) is 1.57. The SMILES string of the molecule is CC.CC.c1scc2c1OCCO2.c1scc2c1OCCS2. The lowest BCUT2D eigenvalue weighted by Crippen LogP contribution is -2.13. The summed E-state index contributed by atoms with van der Waals surface area (Å²) in [6, 6.07) is 0. The first-order valence-electron chi connectivity index (χ1n) is 7.57. The number of fused-ring (bicyclic) bond motifs is 2. The predicted molar refractivity (Wildman–Crippen MR) is 98.5 cm³/mol. The summed E-state index contributed by atoms with van der Waals surface area (Å²) in [7, 11) is 0. The minimum Gasteiger partial charge on any atom is -0.491 e. The third-order valence-electron chi connectivity index (χ3n) is 2.38. The van der Waals surface area contributed by atoms with Crippen molar-refractivity contribution in [1.29, 1.82) is 0 Å². The van der Waals surface area contributed by atoms with E-state index in [9.17, 15) is 0 Å². The molecule has 0 bridgehead atoms. The molecule has 4 rings (SSSR count). The van der Waals surface area contributed by atoms with Gasteiger partial charge in [0.25, 0.3) is 0 Å². The summed E-state index contributed by atoms with van der Waals surface area (Å²) in [5.41, 5.74) is 0. The second kappa shape index (κ2) is 11.7. The second-order valence-electron chi connectivity index (χ2n) is 3.59. The first kappa shape index (κ1) is 19.2. The third-order valence-corrected chi connectivity index (χ3v) is 4.96. The molecule has 2 aliphatic rings. The van der Waals surface area contributed by atoms with Crippen LogP contribution in [0.1, 0.15) is 27.7 Å². The lowest BCUT2D eigenvalue weighted by atomic mass is 10.5. The number of thiophene rings is 2. The first-order valence-corrected chi connectivity index (χ1v) is 10.4. The molecule has 0 radical (unpaired) electrons. The zero-order valence-corrected chi connectivity index (χ0v) is 16.0. The van der Waals surface area contributed by atoms with Gasteiger partial charge in [0, 0.05) is 27.3 Å². The predicted octanol–water partition coefficient (Wildman–Crippen LogP) is 5.80.